The van der Waals surface area contributed by atoms with Crippen LogP contribution in [0.1, 0.15) is 36.1 Å². The van der Waals surface area contributed by atoms with Gasteiger partial charge in [-0.05, 0) is 43.4 Å². The Balaban J connectivity index is 2.20. The molecule has 1 atom stereocenters. The monoisotopic (exact) mass is 363 g/mol. The van der Waals surface area contributed by atoms with Crippen molar-refractivity contribution in [1.29, 1.82) is 0 Å². The number of imidazole rings is 1. The minimum atomic E-state index is -0.305. The smallest absolute Gasteiger partial charge is 0.124 e. The molecule has 0 bridgehead atoms. The van der Waals surface area contributed by atoms with Crippen molar-refractivity contribution >= 4 is 5.69 Å². The summed E-state index contributed by atoms with van der Waals surface area (Å²) in [6, 6.07) is 4.02. The second kappa shape index (κ2) is 7.78. The predicted molar refractivity (Wildman–Crippen MR) is 111 cm³/mol. The molecule has 3 rings (SSSR count). The molecule has 2 aromatic rings. The van der Waals surface area contributed by atoms with Gasteiger partial charge in [0.2, 0.25) is 0 Å². The maximum Gasteiger partial charge on any atom is 0.124 e. The summed E-state index contributed by atoms with van der Waals surface area (Å²) in [5.74, 6) is -0.255. The van der Waals surface area contributed by atoms with Gasteiger partial charge in [-0.3, -0.25) is 0 Å². The molecule has 1 unspecified atom stereocenters. The molecule has 1 aromatic heterocycles. The number of benzene rings is 1. The number of aromatic nitrogens is 2. The van der Waals surface area contributed by atoms with Crippen molar-refractivity contribution in [1.82, 2.24) is 9.55 Å². The largest absolute Gasteiger partial charge is 0.348 e. The lowest BCUT2D eigenvalue weighted by molar-refractivity contribution is 0.583. The van der Waals surface area contributed by atoms with E-state index in [1.165, 1.54) is 17.3 Å². The van der Waals surface area contributed by atoms with Gasteiger partial charge in [0.05, 0.1) is 12.4 Å². The number of halogens is 1. The fraction of sp³-hybridized carbons (Fsp3) is 0.261. The fourth-order valence-corrected chi connectivity index (χ4v) is 3.85. The summed E-state index contributed by atoms with van der Waals surface area (Å²) in [5.41, 5.74) is 6.36. The van der Waals surface area contributed by atoms with Crippen LogP contribution in [0.3, 0.4) is 0 Å². The number of anilines is 1. The second-order valence-electron chi connectivity index (χ2n) is 6.88. The second-order valence-corrected chi connectivity index (χ2v) is 6.88. The number of nitrogens with zero attached hydrogens (tertiary/aromatic N) is 3. The third kappa shape index (κ3) is 3.52. The minimum absolute atomic E-state index is 0.255. The van der Waals surface area contributed by atoms with Gasteiger partial charge in [-0.1, -0.05) is 43.5 Å². The Hall–Kier alpha value is -2.88. The first-order valence-corrected chi connectivity index (χ1v) is 9.15. The summed E-state index contributed by atoms with van der Waals surface area (Å²) >= 11 is 0. The molecule has 3 nitrogen and oxygen atoms in total. The van der Waals surface area contributed by atoms with Gasteiger partial charge in [0.25, 0.3) is 0 Å². The average Bonchev–Trinajstić information content (AvgIpc) is 3.17. The highest BCUT2D eigenvalue weighted by atomic mass is 19.1. The van der Waals surface area contributed by atoms with Crippen LogP contribution < -0.4 is 4.90 Å². The highest BCUT2D eigenvalue weighted by Crippen LogP contribution is 2.39. The van der Waals surface area contributed by atoms with Crippen molar-refractivity contribution in [3.05, 3.63) is 96.0 Å². The first-order valence-electron chi connectivity index (χ1n) is 9.15. The predicted octanol–water partition coefficient (Wildman–Crippen LogP) is 5.66. The van der Waals surface area contributed by atoms with Crippen LogP contribution in [0.15, 0.2) is 79.3 Å². The first-order chi connectivity index (χ1) is 13.0. The zero-order valence-corrected chi connectivity index (χ0v) is 16.2. The van der Waals surface area contributed by atoms with Crippen LogP contribution in [0.4, 0.5) is 10.1 Å². The minimum Gasteiger partial charge on any atom is -0.348 e. The third-order valence-electron chi connectivity index (χ3n) is 5.15. The zero-order valence-electron chi connectivity index (χ0n) is 16.2. The van der Waals surface area contributed by atoms with E-state index in [0.29, 0.717) is 5.57 Å². The molecule has 0 fully saturated rings. The van der Waals surface area contributed by atoms with Gasteiger partial charge in [-0.15, -0.1) is 0 Å². The summed E-state index contributed by atoms with van der Waals surface area (Å²) < 4.78 is 16.7. The zero-order chi connectivity index (χ0) is 19.6. The van der Waals surface area contributed by atoms with Gasteiger partial charge in [-0.2, -0.15) is 0 Å². The highest BCUT2D eigenvalue weighted by molar-refractivity contribution is 5.66. The van der Waals surface area contributed by atoms with Crippen LogP contribution in [0, 0.1) is 6.92 Å². The van der Waals surface area contributed by atoms with Crippen molar-refractivity contribution in [3.63, 3.8) is 0 Å². The van der Waals surface area contributed by atoms with E-state index in [2.05, 4.69) is 49.1 Å². The Kier molecular flexibility index (Phi) is 5.45. The number of hydrogen-bond donors (Lipinski definition) is 0. The van der Waals surface area contributed by atoms with E-state index in [4.69, 9.17) is 0 Å². The number of rotatable bonds is 5. The summed E-state index contributed by atoms with van der Waals surface area (Å²) in [6.45, 7) is 11.7. The van der Waals surface area contributed by atoms with E-state index < -0.39 is 0 Å². The van der Waals surface area contributed by atoms with Gasteiger partial charge in [0.1, 0.15) is 5.83 Å². The summed E-state index contributed by atoms with van der Waals surface area (Å²) in [5, 5.41) is 0. The molecular formula is C23H26FN3. The quantitative estimate of drug-likeness (QED) is 0.639. The van der Waals surface area contributed by atoms with E-state index in [1.807, 2.05) is 10.8 Å². The standard InChI is InChI=1S/C23H26FN3/c1-6-8-20(21(24)7-2)23(27-12-11-25-15-27)19-13-16(3)22-18(14-19)10-9-17(4)26(22)5/h6-8,11-15,23H,1,4,9-10H2,2-3,5H3/b20-8+,21-7+. The molecule has 0 N–H and O–H groups in total. The molecule has 0 saturated carbocycles. The van der Waals surface area contributed by atoms with Gasteiger partial charge in [-0.25, -0.2) is 9.37 Å². The summed E-state index contributed by atoms with van der Waals surface area (Å²) in [7, 11) is 2.06. The topological polar surface area (TPSA) is 21.1 Å². The van der Waals surface area contributed by atoms with Crippen LogP contribution in [0.25, 0.3) is 0 Å². The normalized spacial score (nSPS) is 16.3. The molecular weight excluding hydrogens is 337 g/mol. The Morgan fingerprint density at radius 1 is 1.33 bits per heavy atom. The van der Waals surface area contributed by atoms with Crippen molar-refractivity contribution < 1.29 is 4.39 Å². The molecule has 0 radical (unpaired) electrons. The van der Waals surface area contributed by atoms with Crippen molar-refractivity contribution in [2.45, 2.75) is 32.7 Å². The molecule has 0 amide bonds. The van der Waals surface area contributed by atoms with Gasteiger partial charge < -0.3 is 9.47 Å². The van der Waals surface area contributed by atoms with Gasteiger partial charge in [0.15, 0.2) is 0 Å². The molecule has 0 aliphatic carbocycles. The van der Waals surface area contributed by atoms with Crippen LogP contribution in [-0.2, 0) is 6.42 Å². The number of allylic oxidation sites excluding steroid dienone is 6. The Morgan fingerprint density at radius 2 is 2.11 bits per heavy atom. The molecule has 1 aromatic carbocycles. The van der Waals surface area contributed by atoms with Gasteiger partial charge >= 0.3 is 0 Å². The molecule has 27 heavy (non-hydrogen) atoms. The SMILES string of the molecule is C=C/C=C(\C(F)=C/C)C(c1cc(C)c2c(c1)CCC(=C)N2C)n1ccnc1. The lowest BCUT2D eigenvalue weighted by Gasteiger charge is -2.33. The number of aryl methyl sites for hydroxylation is 2. The van der Waals surface area contributed by atoms with E-state index in [9.17, 15) is 4.39 Å². The van der Waals surface area contributed by atoms with E-state index in [0.717, 1.165) is 29.7 Å². The van der Waals surface area contributed by atoms with Crippen molar-refractivity contribution in [3.8, 4) is 0 Å². The molecule has 1 aliphatic heterocycles. The number of hydrogen-bond acceptors (Lipinski definition) is 2. The lowest BCUT2D eigenvalue weighted by Crippen LogP contribution is -2.24. The molecule has 2 heterocycles. The number of fused-ring (bicyclic) bond motifs is 1. The Labute approximate surface area is 160 Å². The average molecular weight is 363 g/mol. The van der Waals surface area contributed by atoms with E-state index >= 15 is 0 Å². The van der Waals surface area contributed by atoms with E-state index in [1.54, 1.807) is 31.6 Å². The Bertz CT molecular complexity index is 919. The van der Waals surface area contributed by atoms with Crippen molar-refractivity contribution in [2.75, 3.05) is 11.9 Å². The van der Waals surface area contributed by atoms with Crippen molar-refractivity contribution in [2.24, 2.45) is 0 Å². The van der Waals surface area contributed by atoms with Crippen LogP contribution in [0.2, 0.25) is 0 Å². The van der Waals surface area contributed by atoms with Gasteiger partial charge in [0, 0.05) is 36.4 Å². The maximum atomic E-state index is 14.8. The van der Waals surface area contributed by atoms with Crippen LogP contribution in [-0.4, -0.2) is 16.6 Å². The summed E-state index contributed by atoms with van der Waals surface area (Å²) in [4.78, 5) is 6.34. The first kappa shape index (κ1) is 18.9. The lowest BCUT2D eigenvalue weighted by atomic mass is 9.89. The molecule has 4 heteroatoms. The van der Waals surface area contributed by atoms with Crippen LogP contribution >= 0.6 is 0 Å². The summed E-state index contributed by atoms with van der Waals surface area (Å²) in [6.07, 6.45) is 12.0. The fourth-order valence-electron chi connectivity index (χ4n) is 3.85. The van der Waals surface area contributed by atoms with Crippen LogP contribution in [0.5, 0.6) is 0 Å². The third-order valence-corrected chi connectivity index (χ3v) is 5.15. The van der Waals surface area contributed by atoms with E-state index in [-0.39, 0.29) is 11.9 Å². The molecule has 140 valence electrons. The maximum absolute atomic E-state index is 14.8. The Morgan fingerprint density at radius 3 is 2.74 bits per heavy atom. The molecule has 0 saturated heterocycles. The molecule has 1 aliphatic rings. The molecule has 0 spiro atoms. The highest BCUT2D eigenvalue weighted by Gasteiger charge is 2.25.